The van der Waals surface area contributed by atoms with E-state index >= 15 is 0 Å². The lowest BCUT2D eigenvalue weighted by atomic mass is 10.3. The van der Waals surface area contributed by atoms with E-state index in [1.807, 2.05) is 6.92 Å². The fourth-order valence-corrected chi connectivity index (χ4v) is 2.45. The minimum atomic E-state index is -0.291. The Morgan fingerprint density at radius 2 is 2.35 bits per heavy atom. The number of rotatable bonds is 5. The third-order valence-electron chi connectivity index (χ3n) is 2.45. The van der Waals surface area contributed by atoms with Crippen LogP contribution in [0.4, 0.5) is 5.69 Å². The van der Waals surface area contributed by atoms with Crippen LogP contribution in [-0.4, -0.2) is 17.5 Å². The minimum absolute atomic E-state index is 0.291. The Balaban J connectivity index is 2.09. The summed E-state index contributed by atoms with van der Waals surface area (Å²) in [5, 5.41) is 5.58. The number of benzene rings is 1. The van der Waals surface area contributed by atoms with Gasteiger partial charge in [-0.05, 0) is 25.1 Å². The van der Waals surface area contributed by atoms with Gasteiger partial charge in [0.2, 0.25) is 0 Å². The summed E-state index contributed by atoms with van der Waals surface area (Å²) in [7, 11) is 0. The van der Waals surface area contributed by atoms with E-state index in [0.29, 0.717) is 35.3 Å². The van der Waals surface area contributed by atoms with E-state index in [9.17, 15) is 4.79 Å². The Labute approximate surface area is 125 Å². The molecule has 1 heterocycles. The zero-order valence-electron chi connectivity index (χ0n) is 10.9. The van der Waals surface area contributed by atoms with Crippen molar-refractivity contribution in [2.24, 2.45) is 5.73 Å². The van der Waals surface area contributed by atoms with Crippen LogP contribution in [0.2, 0.25) is 5.02 Å². The smallest absolute Gasteiger partial charge is 0.275 e. The van der Waals surface area contributed by atoms with Crippen LogP contribution < -0.4 is 15.8 Å². The molecule has 5 nitrogen and oxygen atoms in total. The molecule has 0 aliphatic heterocycles. The lowest BCUT2D eigenvalue weighted by Gasteiger charge is -2.08. The molecule has 0 radical (unpaired) electrons. The summed E-state index contributed by atoms with van der Waals surface area (Å²) in [5.74, 6) is 0.299. The van der Waals surface area contributed by atoms with Crippen molar-refractivity contribution in [1.82, 2.24) is 4.98 Å². The van der Waals surface area contributed by atoms with Crippen LogP contribution in [0.25, 0.3) is 0 Å². The fourth-order valence-electron chi connectivity index (χ4n) is 1.56. The van der Waals surface area contributed by atoms with E-state index in [2.05, 4.69) is 10.3 Å². The number of thiazole rings is 1. The van der Waals surface area contributed by atoms with Crippen molar-refractivity contribution < 1.29 is 9.53 Å². The summed E-state index contributed by atoms with van der Waals surface area (Å²) < 4.78 is 5.33. The number of anilines is 1. The van der Waals surface area contributed by atoms with Crippen molar-refractivity contribution >= 4 is 34.5 Å². The fraction of sp³-hybridized carbons (Fsp3) is 0.231. The first kappa shape index (κ1) is 14.8. The van der Waals surface area contributed by atoms with Gasteiger partial charge in [0.05, 0.1) is 11.6 Å². The van der Waals surface area contributed by atoms with Crippen LogP contribution >= 0.6 is 22.9 Å². The van der Waals surface area contributed by atoms with E-state index in [1.165, 1.54) is 11.3 Å². The lowest BCUT2D eigenvalue weighted by Crippen LogP contribution is -2.12. The number of carbonyl (C=O) groups is 1. The summed E-state index contributed by atoms with van der Waals surface area (Å²) >= 11 is 7.42. The maximum Gasteiger partial charge on any atom is 0.275 e. The molecule has 1 aromatic heterocycles. The predicted octanol–water partition coefficient (Wildman–Crippen LogP) is 2.91. The van der Waals surface area contributed by atoms with Crippen LogP contribution in [0.5, 0.6) is 5.75 Å². The summed E-state index contributed by atoms with van der Waals surface area (Å²) in [6, 6.07) is 5.08. The monoisotopic (exact) mass is 311 g/mol. The summed E-state index contributed by atoms with van der Waals surface area (Å²) in [6.45, 7) is 2.74. The zero-order valence-corrected chi connectivity index (χ0v) is 12.4. The van der Waals surface area contributed by atoms with Gasteiger partial charge >= 0.3 is 0 Å². The predicted molar refractivity (Wildman–Crippen MR) is 80.6 cm³/mol. The second kappa shape index (κ2) is 6.69. The molecule has 0 fully saturated rings. The highest BCUT2D eigenvalue weighted by atomic mass is 35.5. The molecule has 0 aliphatic carbocycles. The highest BCUT2D eigenvalue weighted by Gasteiger charge is 2.11. The van der Waals surface area contributed by atoms with Crippen molar-refractivity contribution in [3.05, 3.63) is 39.3 Å². The lowest BCUT2D eigenvalue weighted by molar-refractivity contribution is 0.102. The number of halogens is 1. The van der Waals surface area contributed by atoms with Crippen LogP contribution in [0, 0.1) is 0 Å². The van der Waals surface area contributed by atoms with E-state index in [1.54, 1.807) is 23.6 Å². The Morgan fingerprint density at radius 3 is 2.95 bits per heavy atom. The highest BCUT2D eigenvalue weighted by Crippen LogP contribution is 2.27. The average molecular weight is 312 g/mol. The number of hydrogen-bond acceptors (Lipinski definition) is 5. The second-order valence-electron chi connectivity index (χ2n) is 3.86. The number of aromatic nitrogens is 1. The van der Waals surface area contributed by atoms with Gasteiger partial charge in [-0.2, -0.15) is 0 Å². The maximum atomic E-state index is 12.0. The summed E-state index contributed by atoms with van der Waals surface area (Å²) in [5.41, 5.74) is 6.40. The number of carbonyl (C=O) groups excluding carboxylic acids is 1. The van der Waals surface area contributed by atoms with Gasteiger partial charge in [0.25, 0.3) is 5.91 Å². The number of hydrogen-bond donors (Lipinski definition) is 2. The Bertz CT molecular complexity index is 615. The molecule has 0 saturated heterocycles. The third kappa shape index (κ3) is 3.47. The number of nitrogens with zero attached hydrogens (tertiary/aromatic N) is 1. The maximum absolute atomic E-state index is 12.0. The SMILES string of the molecule is CCOc1ccc(NC(=O)c2csc(CN)n2)cc1Cl. The summed E-state index contributed by atoms with van der Waals surface area (Å²) in [4.78, 5) is 16.1. The largest absolute Gasteiger partial charge is 0.492 e. The van der Waals surface area contributed by atoms with Gasteiger partial charge in [0.15, 0.2) is 0 Å². The van der Waals surface area contributed by atoms with E-state index in [0.717, 1.165) is 5.01 Å². The Morgan fingerprint density at radius 1 is 1.55 bits per heavy atom. The van der Waals surface area contributed by atoms with E-state index in [-0.39, 0.29) is 5.91 Å². The molecule has 0 spiro atoms. The van der Waals surface area contributed by atoms with Crippen molar-refractivity contribution in [3.63, 3.8) is 0 Å². The van der Waals surface area contributed by atoms with E-state index in [4.69, 9.17) is 22.1 Å². The molecule has 7 heteroatoms. The standard InChI is InChI=1S/C13H14ClN3O2S/c1-2-19-11-4-3-8(5-9(11)14)16-13(18)10-7-20-12(6-15)17-10/h3-5,7H,2,6,15H2,1H3,(H,16,18). The molecule has 20 heavy (non-hydrogen) atoms. The average Bonchev–Trinajstić information content (AvgIpc) is 2.91. The van der Waals surface area contributed by atoms with Gasteiger partial charge in [-0.25, -0.2) is 4.98 Å². The molecule has 2 rings (SSSR count). The van der Waals surface area contributed by atoms with Crippen LogP contribution in [0.3, 0.4) is 0 Å². The van der Waals surface area contributed by atoms with Crippen LogP contribution in [0.15, 0.2) is 23.6 Å². The molecule has 0 aliphatic rings. The molecular weight excluding hydrogens is 298 g/mol. The van der Waals surface area contributed by atoms with Gasteiger partial charge in [-0.15, -0.1) is 11.3 Å². The van der Waals surface area contributed by atoms with Gasteiger partial charge < -0.3 is 15.8 Å². The topological polar surface area (TPSA) is 77.2 Å². The molecule has 0 saturated carbocycles. The number of amides is 1. The third-order valence-corrected chi connectivity index (χ3v) is 3.62. The normalized spacial score (nSPS) is 10.3. The van der Waals surface area contributed by atoms with Crippen molar-refractivity contribution in [2.45, 2.75) is 13.5 Å². The molecule has 1 aromatic carbocycles. The van der Waals surface area contributed by atoms with Gasteiger partial charge in [-0.3, -0.25) is 4.79 Å². The second-order valence-corrected chi connectivity index (χ2v) is 5.21. The van der Waals surface area contributed by atoms with Crippen molar-refractivity contribution in [3.8, 4) is 5.75 Å². The molecular formula is C13H14ClN3O2S. The number of ether oxygens (including phenoxy) is 1. The number of nitrogens with two attached hydrogens (primary N) is 1. The zero-order chi connectivity index (χ0) is 14.5. The molecule has 3 N–H and O–H groups in total. The van der Waals surface area contributed by atoms with Crippen molar-refractivity contribution in [2.75, 3.05) is 11.9 Å². The first-order valence-corrected chi connectivity index (χ1v) is 7.28. The van der Waals surface area contributed by atoms with Gasteiger partial charge in [-0.1, -0.05) is 11.6 Å². The molecule has 1 amide bonds. The quantitative estimate of drug-likeness (QED) is 0.890. The van der Waals surface area contributed by atoms with Gasteiger partial charge in [0.1, 0.15) is 16.5 Å². The Hall–Kier alpha value is -1.63. The molecule has 106 valence electrons. The molecule has 0 unspecified atom stereocenters. The summed E-state index contributed by atoms with van der Waals surface area (Å²) in [6.07, 6.45) is 0. The number of nitrogens with one attached hydrogen (secondary N) is 1. The van der Waals surface area contributed by atoms with Gasteiger partial charge in [0, 0.05) is 17.6 Å². The minimum Gasteiger partial charge on any atom is -0.492 e. The first-order valence-electron chi connectivity index (χ1n) is 6.02. The van der Waals surface area contributed by atoms with Crippen molar-refractivity contribution in [1.29, 1.82) is 0 Å². The first-order chi connectivity index (χ1) is 9.63. The highest BCUT2D eigenvalue weighted by molar-refractivity contribution is 7.09. The molecule has 0 atom stereocenters. The van der Waals surface area contributed by atoms with Crippen LogP contribution in [0.1, 0.15) is 22.4 Å². The molecule has 2 aromatic rings. The Kier molecular flexibility index (Phi) is 4.94. The van der Waals surface area contributed by atoms with Crippen LogP contribution in [-0.2, 0) is 6.54 Å². The molecule has 0 bridgehead atoms. The van der Waals surface area contributed by atoms with E-state index < -0.39 is 0 Å².